The van der Waals surface area contributed by atoms with Gasteiger partial charge in [-0.05, 0) is 35.4 Å². The second-order valence-electron chi connectivity index (χ2n) is 6.66. The van der Waals surface area contributed by atoms with Crippen molar-refractivity contribution in [3.63, 3.8) is 0 Å². The molecule has 0 radical (unpaired) electrons. The maximum atomic E-state index is 12.4. The molecule has 0 aromatic heterocycles. The highest BCUT2D eigenvalue weighted by molar-refractivity contribution is 6.39. The highest BCUT2D eigenvalue weighted by atomic mass is 16.5. The van der Waals surface area contributed by atoms with E-state index in [0.717, 1.165) is 11.1 Å². The van der Waals surface area contributed by atoms with Crippen LogP contribution in [0.3, 0.4) is 0 Å². The number of anilines is 1. The maximum absolute atomic E-state index is 12.4. The first-order valence-electron chi connectivity index (χ1n) is 9.70. The standard InChI is InChI=1S/C25H24N2O3/c1-2-17-30-22-15-13-21(14-16-22)27-25(29)24(28)26-18-23(19-9-5-3-6-10-19)20-11-7-4-8-12-20/h2-16,23H,1,17-18H2,(H,26,28)(H,27,29). The molecule has 30 heavy (non-hydrogen) atoms. The monoisotopic (exact) mass is 400 g/mol. The van der Waals surface area contributed by atoms with Gasteiger partial charge in [-0.15, -0.1) is 0 Å². The summed E-state index contributed by atoms with van der Waals surface area (Å²) in [6, 6.07) is 26.6. The van der Waals surface area contributed by atoms with E-state index in [-0.39, 0.29) is 5.92 Å². The minimum absolute atomic E-state index is 0.0505. The van der Waals surface area contributed by atoms with Gasteiger partial charge in [0.05, 0.1) is 0 Å². The van der Waals surface area contributed by atoms with Crippen LogP contribution in [0.1, 0.15) is 17.0 Å². The van der Waals surface area contributed by atoms with Crippen molar-refractivity contribution < 1.29 is 14.3 Å². The molecule has 0 aliphatic carbocycles. The van der Waals surface area contributed by atoms with E-state index in [1.165, 1.54) is 0 Å². The van der Waals surface area contributed by atoms with Crippen LogP contribution < -0.4 is 15.4 Å². The lowest BCUT2D eigenvalue weighted by atomic mass is 9.91. The Kier molecular flexibility index (Phi) is 7.39. The van der Waals surface area contributed by atoms with E-state index in [1.54, 1.807) is 30.3 Å². The van der Waals surface area contributed by atoms with E-state index in [0.29, 0.717) is 24.6 Å². The number of rotatable bonds is 8. The summed E-state index contributed by atoms with van der Waals surface area (Å²) in [4.78, 5) is 24.7. The van der Waals surface area contributed by atoms with Crippen molar-refractivity contribution in [2.75, 3.05) is 18.5 Å². The molecular formula is C25H24N2O3. The number of nitrogens with one attached hydrogen (secondary N) is 2. The van der Waals surface area contributed by atoms with Crippen LogP contribution in [0.25, 0.3) is 0 Å². The molecule has 3 aromatic carbocycles. The van der Waals surface area contributed by atoms with E-state index in [1.807, 2.05) is 60.7 Å². The third-order valence-corrected chi connectivity index (χ3v) is 4.56. The van der Waals surface area contributed by atoms with E-state index < -0.39 is 11.8 Å². The van der Waals surface area contributed by atoms with E-state index in [2.05, 4.69) is 17.2 Å². The topological polar surface area (TPSA) is 67.4 Å². The molecule has 0 unspecified atom stereocenters. The molecule has 152 valence electrons. The molecule has 0 fully saturated rings. The van der Waals surface area contributed by atoms with E-state index >= 15 is 0 Å². The molecule has 5 nitrogen and oxygen atoms in total. The molecular weight excluding hydrogens is 376 g/mol. The van der Waals surface area contributed by atoms with Gasteiger partial charge < -0.3 is 15.4 Å². The zero-order valence-electron chi connectivity index (χ0n) is 16.6. The van der Waals surface area contributed by atoms with Gasteiger partial charge in [0.25, 0.3) is 0 Å². The summed E-state index contributed by atoms with van der Waals surface area (Å²) in [5.74, 6) is -0.787. The minimum Gasteiger partial charge on any atom is -0.490 e. The molecule has 5 heteroatoms. The molecule has 0 heterocycles. The van der Waals surface area contributed by atoms with Gasteiger partial charge in [-0.3, -0.25) is 9.59 Å². The van der Waals surface area contributed by atoms with Gasteiger partial charge in [0.15, 0.2) is 0 Å². The molecule has 2 amide bonds. The van der Waals surface area contributed by atoms with Crippen molar-refractivity contribution in [3.05, 3.63) is 109 Å². The lowest BCUT2D eigenvalue weighted by Gasteiger charge is -2.18. The van der Waals surface area contributed by atoms with Crippen LogP contribution in [0, 0.1) is 0 Å². The van der Waals surface area contributed by atoms with Gasteiger partial charge in [0, 0.05) is 18.2 Å². The van der Waals surface area contributed by atoms with E-state index in [9.17, 15) is 9.59 Å². The molecule has 2 N–H and O–H groups in total. The van der Waals surface area contributed by atoms with Crippen molar-refractivity contribution in [2.45, 2.75) is 5.92 Å². The first-order chi connectivity index (χ1) is 14.7. The van der Waals surface area contributed by atoms with Crippen molar-refractivity contribution in [2.24, 2.45) is 0 Å². The van der Waals surface area contributed by atoms with Crippen LogP contribution in [0.15, 0.2) is 97.6 Å². The van der Waals surface area contributed by atoms with Gasteiger partial charge >= 0.3 is 11.8 Å². The fraction of sp³-hybridized carbons (Fsp3) is 0.120. The normalized spacial score (nSPS) is 10.3. The zero-order valence-corrected chi connectivity index (χ0v) is 16.6. The Morgan fingerprint density at radius 1 is 0.833 bits per heavy atom. The molecule has 0 atom stereocenters. The summed E-state index contributed by atoms with van der Waals surface area (Å²) >= 11 is 0. The number of carbonyl (C=O) groups is 2. The zero-order chi connectivity index (χ0) is 21.2. The van der Waals surface area contributed by atoms with Gasteiger partial charge in [-0.1, -0.05) is 73.3 Å². The molecule has 0 bridgehead atoms. The first kappa shape index (κ1) is 20.9. The molecule has 3 aromatic rings. The highest BCUT2D eigenvalue weighted by Crippen LogP contribution is 2.23. The minimum atomic E-state index is -0.713. The molecule has 0 aliphatic heterocycles. The van der Waals surface area contributed by atoms with Crippen molar-refractivity contribution in [1.29, 1.82) is 0 Å². The van der Waals surface area contributed by atoms with E-state index in [4.69, 9.17) is 4.74 Å². The SMILES string of the molecule is C=CCOc1ccc(NC(=O)C(=O)NCC(c2ccccc2)c2ccccc2)cc1. The lowest BCUT2D eigenvalue weighted by Crippen LogP contribution is -2.37. The molecule has 3 rings (SSSR count). The fourth-order valence-corrected chi connectivity index (χ4v) is 3.05. The summed E-state index contributed by atoms with van der Waals surface area (Å²) in [5.41, 5.74) is 2.66. The van der Waals surface area contributed by atoms with Gasteiger partial charge in [0.2, 0.25) is 0 Å². The average Bonchev–Trinajstić information content (AvgIpc) is 2.80. The summed E-state index contributed by atoms with van der Waals surface area (Å²) < 4.78 is 5.40. The number of hydrogen-bond donors (Lipinski definition) is 2. The van der Waals surface area contributed by atoms with Crippen LogP contribution in [0.5, 0.6) is 5.75 Å². The van der Waals surface area contributed by atoms with Crippen molar-refractivity contribution in [3.8, 4) is 5.75 Å². The van der Waals surface area contributed by atoms with Crippen LogP contribution in [0.4, 0.5) is 5.69 Å². The summed E-state index contributed by atoms with van der Waals surface area (Å²) in [6.45, 7) is 4.31. The summed E-state index contributed by atoms with van der Waals surface area (Å²) in [6.07, 6.45) is 1.65. The second kappa shape index (κ2) is 10.6. The van der Waals surface area contributed by atoms with Gasteiger partial charge in [-0.2, -0.15) is 0 Å². The Bertz CT molecular complexity index is 931. The maximum Gasteiger partial charge on any atom is 0.313 e. The third kappa shape index (κ3) is 5.82. The molecule has 0 aliphatic rings. The average molecular weight is 400 g/mol. The van der Waals surface area contributed by atoms with Crippen LogP contribution >= 0.6 is 0 Å². The Balaban J connectivity index is 1.61. The molecule has 0 saturated carbocycles. The number of ether oxygens (including phenoxy) is 1. The smallest absolute Gasteiger partial charge is 0.313 e. The Morgan fingerprint density at radius 2 is 1.40 bits per heavy atom. The first-order valence-corrected chi connectivity index (χ1v) is 9.70. The summed E-state index contributed by atoms with van der Waals surface area (Å²) in [5, 5.41) is 5.35. The van der Waals surface area contributed by atoms with Crippen LogP contribution in [-0.2, 0) is 9.59 Å². The Morgan fingerprint density at radius 3 is 1.93 bits per heavy atom. The fourth-order valence-electron chi connectivity index (χ4n) is 3.05. The van der Waals surface area contributed by atoms with Gasteiger partial charge in [-0.25, -0.2) is 0 Å². The third-order valence-electron chi connectivity index (χ3n) is 4.56. The Labute approximate surface area is 176 Å². The lowest BCUT2D eigenvalue weighted by molar-refractivity contribution is -0.136. The van der Waals surface area contributed by atoms with Crippen molar-refractivity contribution >= 4 is 17.5 Å². The second-order valence-corrected chi connectivity index (χ2v) is 6.66. The largest absolute Gasteiger partial charge is 0.490 e. The Hall–Kier alpha value is -3.86. The number of carbonyl (C=O) groups excluding carboxylic acids is 2. The molecule has 0 saturated heterocycles. The summed E-state index contributed by atoms with van der Waals surface area (Å²) in [7, 11) is 0. The predicted molar refractivity (Wildman–Crippen MR) is 119 cm³/mol. The predicted octanol–water partition coefficient (Wildman–Crippen LogP) is 4.14. The van der Waals surface area contributed by atoms with Crippen LogP contribution in [-0.4, -0.2) is 25.0 Å². The van der Waals surface area contributed by atoms with Gasteiger partial charge in [0.1, 0.15) is 12.4 Å². The van der Waals surface area contributed by atoms with Crippen LogP contribution in [0.2, 0.25) is 0 Å². The number of amides is 2. The highest BCUT2D eigenvalue weighted by Gasteiger charge is 2.18. The number of benzene rings is 3. The quantitative estimate of drug-likeness (QED) is 0.441. The molecule has 0 spiro atoms. The van der Waals surface area contributed by atoms with Crippen molar-refractivity contribution in [1.82, 2.24) is 5.32 Å². The number of hydrogen-bond acceptors (Lipinski definition) is 3.